The third-order valence-electron chi connectivity index (χ3n) is 14.1. The number of ether oxygens (including phenoxy) is 5. The number of carboxylic acid groups (broad SMARTS) is 1. The minimum atomic E-state index is -0.874. The number of carbonyl (C=O) groups excluding carboxylic acids is 7. The van der Waals surface area contributed by atoms with Crippen molar-refractivity contribution in [2.45, 2.75) is 117 Å². The number of aliphatic carboxylic acids is 1. The van der Waals surface area contributed by atoms with E-state index in [0.29, 0.717) is 132 Å². The number of likely N-dealkylation sites (tertiary alicyclic amines) is 4. The molecule has 0 radical (unpaired) electrons. The lowest BCUT2D eigenvalue weighted by Gasteiger charge is -2.34. The molecule has 4 saturated heterocycles. The van der Waals surface area contributed by atoms with E-state index in [4.69, 9.17) is 28.8 Å². The topological polar surface area (TPSA) is 216 Å². The summed E-state index contributed by atoms with van der Waals surface area (Å²) in [6.45, 7) is 14.2. The Balaban J connectivity index is 0.000000229. The molecule has 4 aromatic rings. The van der Waals surface area contributed by atoms with Crippen molar-refractivity contribution in [1.29, 1.82) is 0 Å². The molecular weight excluding hydrogens is 1010 g/mol. The second kappa shape index (κ2) is 27.0. The SMILES string of the molecule is C=CCOC(=O)Cc1ccc(OC2CCN(C(=O)Oc3ccc(CCN4C(=O)CC(C)(C)CC4=O)cc3)CC2)cc1.CC1(C)CC(=O)N(CCc2ccc(OC(=O)N3CCC(Oc4ccc(CC(=O)O)cc4)CC3)cc2)C(=O)C1. The number of hydrogen-bond donors (Lipinski definition) is 1. The van der Waals surface area contributed by atoms with Crippen LogP contribution < -0.4 is 18.9 Å². The number of esters is 1. The minimum absolute atomic E-state index is 0.0218. The monoisotopic (exact) mass is 1080 g/mol. The van der Waals surface area contributed by atoms with Crippen molar-refractivity contribution in [3.8, 4) is 23.0 Å². The van der Waals surface area contributed by atoms with Crippen LogP contribution in [0, 0.1) is 10.8 Å². The Morgan fingerprint density at radius 2 is 0.848 bits per heavy atom. The van der Waals surface area contributed by atoms with Gasteiger partial charge in [0, 0.05) is 90.6 Å². The summed E-state index contributed by atoms with van der Waals surface area (Å²) >= 11 is 0. The van der Waals surface area contributed by atoms with Crippen molar-refractivity contribution in [3.63, 3.8) is 0 Å². The van der Waals surface area contributed by atoms with E-state index in [1.165, 1.54) is 15.9 Å². The highest BCUT2D eigenvalue weighted by atomic mass is 16.6. The van der Waals surface area contributed by atoms with Gasteiger partial charge in [-0.1, -0.05) is 88.9 Å². The molecule has 0 atom stereocenters. The van der Waals surface area contributed by atoms with E-state index < -0.39 is 18.2 Å². The quantitative estimate of drug-likeness (QED) is 0.0560. The molecule has 420 valence electrons. The van der Waals surface area contributed by atoms with E-state index in [1.807, 2.05) is 76.2 Å². The summed E-state index contributed by atoms with van der Waals surface area (Å²) in [6.07, 6.45) is 6.09. The van der Waals surface area contributed by atoms with Crippen molar-refractivity contribution < 1.29 is 67.1 Å². The first kappa shape index (κ1) is 58.7. The second-order valence-electron chi connectivity index (χ2n) is 22.1. The fourth-order valence-corrected chi connectivity index (χ4v) is 9.80. The van der Waals surface area contributed by atoms with Gasteiger partial charge in [-0.3, -0.25) is 38.6 Å². The molecule has 8 rings (SSSR count). The summed E-state index contributed by atoms with van der Waals surface area (Å²) in [5.74, 6) is 0.597. The Hall–Kier alpha value is -8.02. The number of benzene rings is 4. The molecular formula is C61H72N4O14. The van der Waals surface area contributed by atoms with Crippen LogP contribution in [0.5, 0.6) is 23.0 Å². The van der Waals surface area contributed by atoms with Gasteiger partial charge in [-0.15, -0.1) is 0 Å². The number of amides is 6. The first-order valence-electron chi connectivity index (χ1n) is 27.0. The molecule has 1 N–H and O–H groups in total. The third-order valence-corrected chi connectivity index (χ3v) is 14.1. The first-order chi connectivity index (χ1) is 37.7. The van der Waals surface area contributed by atoms with E-state index >= 15 is 0 Å². The molecule has 0 aromatic heterocycles. The predicted octanol–water partition coefficient (Wildman–Crippen LogP) is 8.79. The van der Waals surface area contributed by atoms with Crippen LogP contribution in [-0.2, 0) is 59.2 Å². The van der Waals surface area contributed by atoms with Gasteiger partial charge in [-0.25, -0.2) is 9.59 Å². The van der Waals surface area contributed by atoms with Gasteiger partial charge in [0.2, 0.25) is 23.6 Å². The molecule has 0 saturated carbocycles. The van der Waals surface area contributed by atoms with Crippen molar-refractivity contribution >= 4 is 47.8 Å². The summed E-state index contributed by atoms with van der Waals surface area (Å²) < 4.78 is 28.2. The van der Waals surface area contributed by atoms with Gasteiger partial charge in [0.25, 0.3) is 0 Å². The van der Waals surface area contributed by atoms with Crippen LogP contribution in [0.25, 0.3) is 0 Å². The number of nitrogens with zero attached hydrogens (tertiary/aromatic N) is 4. The predicted molar refractivity (Wildman–Crippen MR) is 291 cm³/mol. The Labute approximate surface area is 461 Å². The van der Waals surface area contributed by atoms with Crippen molar-refractivity contribution in [2.75, 3.05) is 45.9 Å². The van der Waals surface area contributed by atoms with Gasteiger partial charge >= 0.3 is 24.1 Å². The van der Waals surface area contributed by atoms with Crippen LogP contribution in [-0.4, -0.2) is 131 Å². The number of carbonyl (C=O) groups is 8. The van der Waals surface area contributed by atoms with Crippen molar-refractivity contribution in [2.24, 2.45) is 10.8 Å². The molecule has 4 aliphatic rings. The third kappa shape index (κ3) is 18.0. The maximum Gasteiger partial charge on any atom is 0.415 e. The maximum atomic E-state index is 12.7. The lowest BCUT2D eigenvalue weighted by molar-refractivity contribution is -0.154. The first-order valence-corrected chi connectivity index (χ1v) is 27.0. The highest BCUT2D eigenvalue weighted by Crippen LogP contribution is 2.33. The molecule has 0 unspecified atom stereocenters. The van der Waals surface area contributed by atoms with Crippen LogP contribution in [0.3, 0.4) is 0 Å². The smallest absolute Gasteiger partial charge is 0.415 e. The lowest BCUT2D eigenvalue weighted by Crippen LogP contribution is -2.46. The van der Waals surface area contributed by atoms with Gasteiger partial charge in [0.05, 0.1) is 12.8 Å². The highest BCUT2D eigenvalue weighted by molar-refractivity contribution is 5.99. The molecule has 4 aromatic carbocycles. The summed E-state index contributed by atoms with van der Waals surface area (Å²) in [5.41, 5.74) is 2.89. The number of hydrogen-bond acceptors (Lipinski definition) is 13. The van der Waals surface area contributed by atoms with Crippen LogP contribution in [0.4, 0.5) is 9.59 Å². The molecule has 0 bridgehead atoms. The van der Waals surface area contributed by atoms with E-state index in [0.717, 1.165) is 16.7 Å². The Bertz CT molecular complexity index is 2760. The van der Waals surface area contributed by atoms with E-state index in [2.05, 4.69) is 6.58 Å². The van der Waals surface area contributed by atoms with Gasteiger partial charge < -0.3 is 38.6 Å². The fraction of sp³-hybridized carbons (Fsp3) is 0.443. The van der Waals surface area contributed by atoms with Gasteiger partial charge in [-0.05, 0) is 94.5 Å². The summed E-state index contributed by atoms with van der Waals surface area (Å²) in [7, 11) is 0. The van der Waals surface area contributed by atoms with Gasteiger partial charge in [-0.2, -0.15) is 0 Å². The zero-order chi connectivity index (χ0) is 56.7. The van der Waals surface area contributed by atoms with Crippen LogP contribution >= 0.6 is 0 Å². The molecule has 0 spiro atoms. The molecule has 0 aliphatic carbocycles. The van der Waals surface area contributed by atoms with Gasteiger partial charge in [0.1, 0.15) is 41.8 Å². The highest BCUT2D eigenvalue weighted by Gasteiger charge is 2.38. The molecule has 18 nitrogen and oxygen atoms in total. The number of piperidine rings is 4. The summed E-state index contributed by atoms with van der Waals surface area (Å²) in [4.78, 5) is 103. The Morgan fingerprint density at radius 1 is 0.519 bits per heavy atom. The van der Waals surface area contributed by atoms with E-state index in [-0.39, 0.29) is 72.1 Å². The average Bonchev–Trinajstić information content (AvgIpc) is 3.42. The lowest BCUT2D eigenvalue weighted by atomic mass is 9.81. The number of rotatable bonds is 18. The maximum absolute atomic E-state index is 12.7. The van der Waals surface area contributed by atoms with Crippen LogP contribution in [0.1, 0.15) is 101 Å². The number of carboxylic acids is 1. The molecule has 4 heterocycles. The molecule has 79 heavy (non-hydrogen) atoms. The molecule has 4 aliphatic heterocycles. The largest absolute Gasteiger partial charge is 0.490 e. The molecule has 18 heteroatoms. The summed E-state index contributed by atoms with van der Waals surface area (Å²) in [5, 5.41) is 8.87. The number of imide groups is 2. The summed E-state index contributed by atoms with van der Waals surface area (Å²) in [6, 6.07) is 28.7. The minimum Gasteiger partial charge on any atom is -0.490 e. The van der Waals surface area contributed by atoms with Crippen molar-refractivity contribution in [1.82, 2.24) is 19.6 Å². The van der Waals surface area contributed by atoms with Gasteiger partial charge in [0.15, 0.2) is 0 Å². The zero-order valence-corrected chi connectivity index (χ0v) is 45.7. The van der Waals surface area contributed by atoms with E-state index in [9.17, 15) is 38.4 Å². The second-order valence-corrected chi connectivity index (χ2v) is 22.1. The molecule has 4 fully saturated rings. The van der Waals surface area contributed by atoms with E-state index in [1.54, 1.807) is 58.3 Å². The Kier molecular flexibility index (Phi) is 20.1. The van der Waals surface area contributed by atoms with Crippen LogP contribution in [0.2, 0.25) is 0 Å². The normalized spacial score (nSPS) is 17.5. The standard InChI is InChI=1S/C32H38N2O7.C29H34N2O7/c1-4-19-39-30(37)20-24-7-11-25(12-8-24)40-27-14-16-33(17-15-27)31(38)41-26-9-5-23(6-10-26)13-18-34-28(35)21-32(2,3)22-29(34)36;1-29(2)18-25(32)31(26(33)19-29)16-11-20-3-7-23(8-4-20)38-28(36)30-14-12-24(13-15-30)37-22-9-5-21(6-10-22)17-27(34)35/h4-12,27H,1,13-22H2,2-3H3;3-10,24H,11-19H2,1-2H3,(H,34,35). The zero-order valence-electron chi connectivity index (χ0n) is 45.7. The van der Waals surface area contributed by atoms with Crippen molar-refractivity contribution in [3.05, 3.63) is 132 Å². The Morgan fingerprint density at radius 3 is 1.19 bits per heavy atom. The average molecular weight is 1090 g/mol. The fourth-order valence-electron chi connectivity index (χ4n) is 9.80. The molecule has 6 amide bonds. The van der Waals surface area contributed by atoms with Crippen LogP contribution in [0.15, 0.2) is 110 Å².